The maximum Gasteiger partial charge on any atom is 0.0305 e. The highest BCUT2D eigenvalue weighted by Gasteiger charge is 1.94. The smallest absolute Gasteiger partial charge is 0.0305 e. The third kappa shape index (κ3) is 9.96. The molecule has 0 bridgehead atoms. The summed E-state index contributed by atoms with van der Waals surface area (Å²) in [5, 5.41) is 0. The van der Waals surface area contributed by atoms with Crippen molar-refractivity contribution < 1.29 is 0 Å². The van der Waals surface area contributed by atoms with E-state index in [1.165, 1.54) is 38.1 Å². The molecule has 0 unspecified atom stereocenters. The van der Waals surface area contributed by atoms with Gasteiger partial charge in [0.2, 0.25) is 0 Å². The van der Waals surface area contributed by atoms with Crippen LogP contribution in [0, 0.1) is 0 Å². The van der Waals surface area contributed by atoms with Gasteiger partial charge < -0.3 is 0 Å². The first-order valence-corrected chi connectivity index (χ1v) is 8.01. The van der Waals surface area contributed by atoms with Gasteiger partial charge in [0.15, 0.2) is 0 Å². The zero-order chi connectivity index (χ0) is 8.53. The summed E-state index contributed by atoms with van der Waals surface area (Å²) in [6, 6.07) is 1.54. The zero-order valence-corrected chi connectivity index (χ0v) is 9.26. The molecule has 0 radical (unpaired) electrons. The molecule has 0 aromatic rings. The summed E-state index contributed by atoms with van der Waals surface area (Å²) in [6.45, 7) is 8.58. The fourth-order valence-electron chi connectivity index (χ4n) is 1.19. The highest BCUT2D eigenvalue weighted by Crippen LogP contribution is 2.07. The Morgan fingerprint density at radius 1 is 1.09 bits per heavy atom. The van der Waals surface area contributed by atoms with E-state index in [0.717, 1.165) is 0 Å². The van der Waals surface area contributed by atoms with Crippen molar-refractivity contribution in [3.63, 3.8) is 0 Å². The second-order valence-corrected chi connectivity index (χ2v) is 7.04. The van der Waals surface area contributed by atoms with Crippen molar-refractivity contribution in [2.45, 2.75) is 51.2 Å². The second-order valence-electron chi connectivity index (χ2n) is 3.67. The lowest BCUT2D eigenvalue weighted by atomic mass is 10.1. The van der Waals surface area contributed by atoms with E-state index in [9.17, 15) is 0 Å². The Labute approximate surface area is 73.3 Å². The van der Waals surface area contributed by atoms with Crippen LogP contribution in [0.25, 0.3) is 0 Å². The zero-order valence-electron chi connectivity index (χ0n) is 8.10. The van der Waals surface area contributed by atoms with Crippen molar-refractivity contribution in [2.24, 2.45) is 0 Å². The van der Waals surface area contributed by atoms with Crippen molar-refractivity contribution >= 4 is 8.80 Å². The molecule has 0 N–H and O–H groups in total. The molecular weight excluding hydrogens is 148 g/mol. The van der Waals surface area contributed by atoms with Crippen LogP contribution >= 0.6 is 0 Å². The summed E-state index contributed by atoms with van der Waals surface area (Å²) in [7, 11) is -0.249. The van der Waals surface area contributed by atoms with Gasteiger partial charge in [0.25, 0.3) is 0 Å². The highest BCUT2D eigenvalue weighted by atomic mass is 28.3. The Morgan fingerprint density at radius 3 is 2.27 bits per heavy atom. The molecule has 1 heteroatoms. The predicted octanol–water partition coefficient (Wildman–Crippen LogP) is 3.61. The van der Waals surface area contributed by atoms with E-state index in [1.54, 1.807) is 0 Å². The van der Waals surface area contributed by atoms with Gasteiger partial charge in [-0.25, -0.2) is 0 Å². The van der Waals surface area contributed by atoms with Crippen LogP contribution in [0.2, 0.25) is 19.1 Å². The van der Waals surface area contributed by atoms with Gasteiger partial charge in [-0.2, -0.15) is 0 Å². The lowest BCUT2D eigenvalue weighted by Crippen LogP contribution is -1.97. The van der Waals surface area contributed by atoms with Gasteiger partial charge in [-0.3, -0.25) is 0 Å². The van der Waals surface area contributed by atoms with Crippen LogP contribution in [0.3, 0.4) is 0 Å². The molecule has 0 aliphatic heterocycles. The van der Waals surface area contributed by atoms with Crippen molar-refractivity contribution in [2.75, 3.05) is 0 Å². The number of allylic oxidation sites excluding steroid dienone is 1. The quantitative estimate of drug-likeness (QED) is 0.311. The third-order valence-corrected chi connectivity index (χ3v) is 3.50. The topological polar surface area (TPSA) is 0 Å². The van der Waals surface area contributed by atoms with Crippen LogP contribution in [-0.2, 0) is 0 Å². The van der Waals surface area contributed by atoms with Crippen molar-refractivity contribution in [1.29, 1.82) is 0 Å². The molecule has 0 atom stereocenters. The van der Waals surface area contributed by atoms with Gasteiger partial charge in [-0.15, -0.1) is 6.58 Å². The van der Waals surface area contributed by atoms with E-state index < -0.39 is 0 Å². The monoisotopic (exact) mass is 170 g/mol. The van der Waals surface area contributed by atoms with Crippen molar-refractivity contribution in [1.82, 2.24) is 0 Å². The van der Waals surface area contributed by atoms with Crippen LogP contribution in [0.5, 0.6) is 0 Å². The molecule has 0 fully saturated rings. The third-order valence-electron chi connectivity index (χ3n) is 1.94. The normalized spacial score (nSPS) is 10.5. The largest absolute Gasteiger partial charge is 0.103 e. The van der Waals surface area contributed by atoms with Gasteiger partial charge in [-0.05, 0) is 12.8 Å². The average molecular weight is 170 g/mol. The molecule has 0 aromatic carbocycles. The standard InChI is InChI=1S/C10H22Si/c1-4-5-6-7-8-9-10-11(2)3/h4,11H,1,5-10H2,2-3H3. The predicted molar refractivity (Wildman–Crippen MR) is 57.0 cm³/mol. The summed E-state index contributed by atoms with van der Waals surface area (Å²) >= 11 is 0. The molecule has 0 spiro atoms. The number of rotatable bonds is 7. The van der Waals surface area contributed by atoms with Gasteiger partial charge >= 0.3 is 0 Å². The molecule has 0 rings (SSSR count). The van der Waals surface area contributed by atoms with E-state index >= 15 is 0 Å². The Morgan fingerprint density at radius 2 is 1.73 bits per heavy atom. The van der Waals surface area contributed by atoms with E-state index in [-0.39, 0.29) is 8.80 Å². The fraction of sp³-hybridized carbons (Fsp3) is 0.800. The number of hydrogen-bond acceptors (Lipinski definition) is 0. The average Bonchev–Trinajstić information content (AvgIpc) is 1.96. The van der Waals surface area contributed by atoms with Crippen LogP contribution in [-0.4, -0.2) is 8.80 Å². The van der Waals surface area contributed by atoms with Gasteiger partial charge in [0.1, 0.15) is 0 Å². The summed E-state index contributed by atoms with van der Waals surface area (Å²) in [6.07, 6.45) is 8.91. The lowest BCUT2D eigenvalue weighted by molar-refractivity contribution is 0.672. The van der Waals surface area contributed by atoms with E-state index in [4.69, 9.17) is 0 Å². The Bertz CT molecular complexity index is 86.9. The van der Waals surface area contributed by atoms with Crippen LogP contribution in [0.1, 0.15) is 32.1 Å². The summed E-state index contributed by atoms with van der Waals surface area (Å²) < 4.78 is 0. The molecular formula is C10H22Si. The molecule has 0 aliphatic carbocycles. The van der Waals surface area contributed by atoms with Crippen LogP contribution in [0.15, 0.2) is 12.7 Å². The SMILES string of the molecule is C=CCCCCCC[SiH](C)C. The van der Waals surface area contributed by atoms with Gasteiger partial charge in [0, 0.05) is 8.80 Å². The second kappa shape index (κ2) is 8.06. The molecule has 0 heterocycles. The minimum atomic E-state index is -0.249. The molecule has 66 valence electrons. The molecule has 0 aromatic heterocycles. The van der Waals surface area contributed by atoms with Crippen molar-refractivity contribution in [3.05, 3.63) is 12.7 Å². The number of unbranched alkanes of at least 4 members (excludes halogenated alkanes) is 4. The Balaban J connectivity index is 2.85. The molecule has 0 amide bonds. The summed E-state index contributed by atoms with van der Waals surface area (Å²) in [5.41, 5.74) is 0. The summed E-state index contributed by atoms with van der Waals surface area (Å²) in [5.74, 6) is 0. The lowest BCUT2D eigenvalue weighted by Gasteiger charge is -2.01. The van der Waals surface area contributed by atoms with E-state index in [2.05, 4.69) is 19.7 Å². The first kappa shape index (κ1) is 11.0. The molecule has 0 aliphatic rings. The van der Waals surface area contributed by atoms with E-state index in [0.29, 0.717) is 0 Å². The van der Waals surface area contributed by atoms with Crippen LogP contribution in [0.4, 0.5) is 0 Å². The minimum absolute atomic E-state index is 0.249. The molecule has 0 nitrogen and oxygen atoms in total. The van der Waals surface area contributed by atoms with Crippen molar-refractivity contribution in [3.8, 4) is 0 Å². The van der Waals surface area contributed by atoms with Gasteiger partial charge in [-0.1, -0.05) is 44.5 Å². The molecule has 11 heavy (non-hydrogen) atoms. The first-order chi connectivity index (χ1) is 5.27. The fourth-order valence-corrected chi connectivity index (χ4v) is 2.30. The van der Waals surface area contributed by atoms with Crippen LogP contribution < -0.4 is 0 Å². The maximum absolute atomic E-state index is 3.71. The molecule has 0 saturated heterocycles. The first-order valence-electron chi connectivity index (χ1n) is 4.88. The van der Waals surface area contributed by atoms with Gasteiger partial charge in [0.05, 0.1) is 0 Å². The Kier molecular flexibility index (Phi) is 8.03. The molecule has 0 saturated carbocycles. The minimum Gasteiger partial charge on any atom is -0.103 e. The maximum atomic E-state index is 3.71. The summed E-state index contributed by atoms with van der Waals surface area (Å²) in [4.78, 5) is 0. The van der Waals surface area contributed by atoms with E-state index in [1.807, 2.05) is 6.08 Å². The highest BCUT2D eigenvalue weighted by molar-refractivity contribution is 6.55. The number of hydrogen-bond donors (Lipinski definition) is 0. The Hall–Kier alpha value is -0.0431.